The lowest BCUT2D eigenvalue weighted by molar-refractivity contribution is -0.274. The maximum Gasteiger partial charge on any atom is 0.573 e. The molecule has 0 heterocycles. The minimum absolute atomic E-state index is 0.0224. The molecule has 0 amide bonds. The van der Waals surface area contributed by atoms with E-state index in [1.165, 1.54) is 24.3 Å². The second kappa shape index (κ2) is 6.24. The second-order valence-electron chi connectivity index (χ2n) is 5.12. The van der Waals surface area contributed by atoms with Crippen LogP contribution in [-0.2, 0) is 4.79 Å². The molecule has 4 nitrogen and oxygen atoms in total. The van der Waals surface area contributed by atoms with E-state index >= 15 is 0 Å². The van der Waals surface area contributed by atoms with Crippen molar-refractivity contribution in [2.24, 2.45) is 5.92 Å². The van der Waals surface area contributed by atoms with Gasteiger partial charge in [0.25, 0.3) is 0 Å². The van der Waals surface area contributed by atoms with Crippen molar-refractivity contribution in [3.63, 3.8) is 0 Å². The first-order chi connectivity index (χ1) is 9.83. The van der Waals surface area contributed by atoms with E-state index in [0.717, 1.165) is 12.8 Å². The van der Waals surface area contributed by atoms with Gasteiger partial charge in [-0.05, 0) is 43.5 Å². The maximum atomic E-state index is 12.0. The van der Waals surface area contributed by atoms with Gasteiger partial charge in [0, 0.05) is 11.7 Å². The van der Waals surface area contributed by atoms with Crippen molar-refractivity contribution in [1.29, 1.82) is 0 Å². The first-order valence-corrected chi connectivity index (χ1v) is 6.68. The van der Waals surface area contributed by atoms with Gasteiger partial charge in [-0.1, -0.05) is 6.42 Å². The number of halogens is 3. The van der Waals surface area contributed by atoms with E-state index in [0.29, 0.717) is 18.5 Å². The van der Waals surface area contributed by atoms with E-state index in [9.17, 15) is 18.0 Å². The number of benzene rings is 1. The van der Waals surface area contributed by atoms with Crippen LogP contribution in [0, 0.1) is 5.92 Å². The molecule has 1 fully saturated rings. The zero-order valence-electron chi connectivity index (χ0n) is 11.2. The molecule has 0 aliphatic heterocycles. The Labute approximate surface area is 119 Å². The smallest absolute Gasteiger partial charge is 0.481 e. The van der Waals surface area contributed by atoms with E-state index < -0.39 is 12.3 Å². The molecule has 21 heavy (non-hydrogen) atoms. The number of hydrogen-bond donors (Lipinski definition) is 2. The molecule has 1 aromatic carbocycles. The third-order valence-corrected chi connectivity index (χ3v) is 3.48. The van der Waals surface area contributed by atoms with Crippen LogP contribution in [0.1, 0.15) is 25.7 Å². The van der Waals surface area contributed by atoms with Crippen molar-refractivity contribution < 1.29 is 27.8 Å². The molecule has 1 saturated carbocycles. The van der Waals surface area contributed by atoms with Crippen molar-refractivity contribution >= 4 is 11.7 Å². The van der Waals surface area contributed by atoms with Crippen molar-refractivity contribution in [1.82, 2.24) is 0 Å². The molecule has 2 unspecified atom stereocenters. The van der Waals surface area contributed by atoms with Crippen LogP contribution in [-0.4, -0.2) is 23.5 Å². The van der Waals surface area contributed by atoms with Gasteiger partial charge in [-0.3, -0.25) is 4.79 Å². The fraction of sp³-hybridized carbons (Fsp3) is 0.500. The molecule has 0 bridgehead atoms. The number of carboxylic acids is 1. The van der Waals surface area contributed by atoms with Gasteiger partial charge < -0.3 is 15.2 Å². The molecular formula is C14H16F3NO3. The molecule has 0 radical (unpaired) electrons. The standard InChI is InChI=1S/C14H16F3NO3/c15-14(16,17)21-12-6-4-10(5-7-12)18-11-3-1-2-9(8-11)13(19)20/h4-7,9,11,18H,1-3,8H2,(H,19,20). The van der Waals surface area contributed by atoms with Gasteiger partial charge in [-0.25, -0.2) is 0 Å². The number of carboxylic acid groups (broad SMARTS) is 1. The number of hydrogen-bond acceptors (Lipinski definition) is 3. The van der Waals surface area contributed by atoms with Crippen molar-refractivity contribution in [2.45, 2.75) is 38.1 Å². The highest BCUT2D eigenvalue weighted by Gasteiger charge is 2.31. The second-order valence-corrected chi connectivity index (χ2v) is 5.12. The zero-order valence-corrected chi connectivity index (χ0v) is 11.2. The Morgan fingerprint density at radius 1 is 1.24 bits per heavy atom. The highest BCUT2D eigenvalue weighted by atomic mass is 19.4. The Morgan fingerprint density at radius 3 is 2.48 bits per heavy atom. The van der Waals surface area contributed by atoms with Crippen molar-refractivity contribution in [3.8, 4) is 5.75 Å². The lowest BCUT2D eigenvalue weighted by Gasteiger charge is -2.28. The van der Waals surface area contributed by atoms with E-state index in [2.05, 4.69) is 10.1 Å². The van der Waals surface area contributed by atoms with Crippen LogP contribution in [0.5, 0.6) is 5.75 Å². The summed E-state index contributed by atoms with van der Waals surface area (Å²) in [5, 5.41) is 12.2. The van der Waals surface area contributed by atoms with E-state index in [1.54, 1.807) is 0 Å². The Balaban J connectivity index is 1.92. The third kappa shape index (κ3) is 4.84. The molecule has 2 atom stereocenters. The van der Waals surface area contributed by atoms with Crippen molar-refractivity contribution in [3.05, 3.63) is 24.3 Å². The van der Waals surface area contributed by atoms with Gasteiger partial charge in [-0.2, -0.15) is 0 Å². The lowest BCUT2D eigenvalue weighted by Crippen LogP contribution is -2.30. The van der Waals surface area contributed by atoms with Gasteiger partial charge in [0.2, 0.25) is 0 Å². The molecule has 2 N–H and O–H groups in total. The Morgan fingerprint density at radius 2 is 1.90 bits per heavy atom. The minimum atomic E-state index is -4.70. The highest BCUT2D eigenvalue weighted by Crippen LogP contribution is 2.28. The van der Waals surface area contributed by atoms with Crippen LogP contribution in [0.2, 0.25) is 0 Å². The maximum absolute atomic E-state index is 12.0. The topological polar surface area (TPSA) is 58.6 Å². The molecule has 1 aliphatic rings. The number of aliphatic carboxylic acids is 1. The minimum Gasteiger partial charge on any atom is -0.481 e. The summed E-state index contributed by atoms with van der Waals surface area (Å²) in [6.45, 7) is 0. The summed E-state index contributed by atoms with van der Waals surface area (Å²) in [5.41, 5.74) is 0.653. The largest absolute Gasteiger partial charge is 0.573 e. The molecule has 0 spiro atoms. The van der Waals surface area contributed by atoms with Gasteiger partial charge in [0.1, 0.15) is 5.75 Å². The Hall–Kier alpha value is -1.92. The average molecular weight is 303 g/mol. The summed E-state index contributed by atoms with van der Waals surface area (Å²) in [7, 11) is 0. The van der Waals surface area contributed by atoms with Gasteiger partial charge >= 0.3 is 12.3 Å². The quantitative estimate of drug-likeness (QED) is 0.891. The SMILES string of the molecule is O=C(O)C1CCCC(Nc2ccc(OC(F)(F)F)cc2)C1. The van der Waals surface area contributed by atoms with Gasteiger partial charge in [0.15, 0.2) is 0 Å². The normalized spacial score (nSPS) is 22.6. The van der Waals surface area contributed by atoms with Crippen LogP contribution in [0.25, 0.3) is 0 Å². The molecule has 1 aliphatic carbocycles. The number of carbonyl (C=O) groups is 1. The Bertz CT molecular complexity index is 487. The monoisotopic (exact) mass is 303 g/mol. The number of ether oxygens (including phenoxy) is 1. The molecule has 116 valence electrons. The molecule has 1 aromatic rings. The molecule has 0 saturated heterocycles. The first kappa shape index (κ1) is 15.5. The van der Waals surface area contributed by atoms with Crippen LogP contribution in [0.15, 0.2) is 24.3 Å². The third-order valence-electron chi connectivity index (χ3n) is 3.48. The summed E-state index contributed by atoms with van der Waals surface area (Å²) >= 11 is 0. The van der Waals surface area contributed by atoms with E-state index in [-0.39, 0.29) is 17.7 Å². The summed E-state index contributed by atoms with van der Waals surface area (Å²) in [6, 6.07) is 5.46. The van der Waals surface area contributed by atoms with Crippen LogP contribution >= 0.6 is 0 Å². The summed E-state index contributed by atoms with van der Waals surface area (Å²) < 4.78 is 39.9. The summed E-state index contributed by atoms with van der Waals surface area (Å²) in [5.74, 6) is -1.43. The van der Waals surface area contributed by atoms with E-state index in [4.69, 9.17) is 5.11 Å². The fourth-order valence-corrected chi connectivity index (χ4v) is 2.53. The molecule has 7 heteroatoms. The van der Waals surface area contributed by atoms with Gasteiger partial charge in [-0.15, -0.1) is 13.2 Å². The summed E-state index contributed by atoms with van der Waals surface area (Å²) in [6.07, 6.45) is -1.83. The van der Waals surface area contributed by atoms with Crippen LogP contribution in [0.3, 0.4) is 0 Å². The fourth-order valence-electron chi connectivity index (χ4n) is 2.53. The van der Waals surface area contributed by atoms with Crippen LogP contribution < -0.4 is 10.1 Å². The molecule has 0 aromatic heterocycles. The van der Waals surface area contributed by atoms with Gasteiger partial charge in [0.05, 0.1) is 5.92 Å². The predicted molar refractivity (Wildman–Crippen MR) is 70.1 cm³/mol. The zero-order chi connectivity index (χ0) is 15.5. The number of nitrogens with one attached hydrogen (secondary N) is 1. The van der Waals surface area contributed by atoms with Crippen molar-refractivity contribution in [2.75, 3.05) is 5.32 Å². The number of anilines is 1. The Kier molecular flexibility index (Phi) is 4.59. The average Bonchev–Trinajstić information content (AvgIpc) is 2.40. The summed E-state index contributed by atoms with van der Waals surface area (Å²) in [4.78, 5) is 11.0. The molecule has 2 rings (SSSR count). The van der Waals surface area contributed by atoms with E-state index in [1.807, 2.05) is 0 Å². The first-order valence-electron chi connectivity index (χ1n) is 6.68. The lowest BCUT2D eigenvalue weighted by atomic mass is 9.85. The highest BCUT2D eigenvalue weighted by molar-refractivity contribution is 5.70. The number of rotatable bonds is 4. The predicted octanol–water partition coefficient (Wildman–Crippen LogP) is 3.64. The molecular weight excluding hydrogens is 287 g/mol. The number of alkyl halides is 3. The van der Waals surface area contributed by atoms with Crippen LogP contribution in [0.4, 0.5) is 18.9 Å².